The maximum atomic E-state index is 12.4. The van der Waals surface area contributed by atoms with Crippen LogP contribution in [0.4, 0.5) is 0 Å². The normalized spacial score (nSPS) is 12.1. The Morgan fingerprint density at radius 1 is 0.630 bits per heavy atom. The van der Waals surface area contributed by atoms with Gasteiger partial charge in [0.05, 0.1) is 12.8 Å². The van der Waals surface area contributed by atoms with Gasteiger partial charge < -0.3 is 14.4 Å². The van der Waals surface area contributed by atoms with Crippen molar-refractivity contribution in [3.8, 4) is 0 Å². The van der Waals surface area contributed by atoms with Gasteiger partial charge in [0.1, 0.15) is 6.10 Å². The second kappa shape index (κ2) is 31.6. The molecule has 1 heterocycles. The maximum Gasteiger partial charge on any atom is 0.306 e. The zero-order chi connectivity index (χ0) is 33.3. The van der Waals surface area contributed by atoms with Crippen molar-refractivity contribution in [2.24, 2.45) is 0 Å². The molecule has 1 atom stereocenters. The van der Waals surface area contributed by atoms with Crippen molar-refractivity contribution in [3.63, 3.8) is 0 Å². The molecule has 0 fully saturated rings. The number of carbonyl (C=O) groups is 2. The molecule has 1 rings (SSSR count). The minimum absolute atomic E-state index is 0.00394. The molecule has 1 unspecified atom stereocenters. The van der Waals surface area contributed by atoms with Crippen LogP contribution in [0.2, 0.25) is 0 Å². The molecule has 0 aliphatic rings. The van der Waals surface area contributed by atoms with Gasteiger partial charge in [-0.15, -0.1) is 5.10 Å². The summed E-state index contributed by atoms with van der Waals surface area (Å²) < 4.78 is 13.2. The summed E-state index contributed by atoms with van der Waals surface area (Å²) in [5, 5.41) is 8.03. The summed E-state index contributed by atoms with van der Waals surface area (Å²) in [6.07, 6.45) is 31.0. The van der Waals surface area contributed by atoms with Gasteiger partial charge in [-0.1, -0.05) is 116 Å². The van der Waals surface area contributed by atoms with E-state index >= 15 is 0 Å². The molecule has 0 saturated heterocycles. The zero-order valence-corrected chi connectivity index (χ0v) is 30.4. The van der Waals surface area contributed by atoms with Gasteiger partial charge in [-0.25, -0.2) is 0 Å². The molecular weight excluding hydrogens is 576 g/mol. The first-order chi connectivity index (χ1) is 22.6. The first-order valence-electron chi connectivity index (χ1n) is 19.5. The summed E-state index contributed by atoms with van der Waals surface area (Å²) >= 11 is 0. The van der Waals surface area contributed by atoms with E-state index in [4.69, 9.17) is 9.47 Å². The third kappa shape index (κ3) is 26.1. The van der Waals surface area contributed by atoms with Crippen LogP contribution in [0.25, 0.3) is 0 Å². The quantitative estimate of drug-likeness (QED) is 0.0543. The molecule has 0 aromatic carbocycles. The smallest absolute Gasteiger partial charge is 0.306 e. The number of ether oxygens (including phenoxy) is 2. The Labute approximate surface area is 283 Å². The highest BCUT2D eigenvalue weighted by molar-refractivity contribution is 5.69. The van der Waals surface area contributed by atoms with Crippen LogP contribution >= 0.6 is 0 Å². The molecule has 0 saturated carbocycles. The van der Waals surface area contributed by atoms with Crippen molar-refractivity contribution in [1.29, 1.82) is 0 Å². The summed E-state index contributed by atoms with van der Waals surface area (Å²) in [5.41, 5.74) is 0. The summed E-state index contributed by atoms with van der Waals surface area (Å²) in [7, 11) is 0. The van der Waals surface area contributed by atoms with E-state index < -0.39 is 0 Å². The van der Waals surface area contributed by atoms with Crippen molar-refractivity contribution in [3.05, 3.63) is 12.4 Å². The van der Waals surface area contributed by atoms with E-state index in [0.717, 1.165) is 103 Å². The lowest BCUT2D eigenvalue weighted by Gasteiger charge is -2.22. The molecule has 0 amide bonds. The number of unbranched alkanes of at least 4 members (excludes halogenated alkanes) is 15. The number of rotatable bonds is 34. The van der Waals surface area contributed by atoms with Crippen LogP contribution in [0, 0.1) is 0 Å². The molecule has 0 radical (unpaired) electrons. The van der Waals surface area contributed by atoms with E-state index in [1.807, 2.05) is 10.9 Å². The van der Waals surface area contributed by atoms with Gasteiger partial charge in [0.15, 0.2) is 0 Å². The van der Waals surface area contributed by atoms with Gasteiger partial charge in [0.25, 0.3) is 0 Å². The maximum absolute atomic E-state index is 12.4. The molecular formula is C38H72N4O4. The van der Waals surface area contributed by atoms with E-state index in [-0.39, 0.29) is 18.0 Å². The minimum Gasteiger partial charge on any atom is -0.466 e. The van der Waals surface area contributed by atoms with Crippen LogP contribution in [0.1, 0.15) is 181 Å². The third-order valence-electron chi connectivity index (χ3n) is 8.86. The lowest BCUT2D eigenvalue weighted by atomic mass is 10.1. The topological polar surface area (TPSA) is 86.5 Å². The fourth-order valence-corrected chi connectivity index (χ4v) is 5.94. The summed E-state index contributed by atoms with van der Waals surface area (Å²) in [4.78, 5) is 27.0. The SMILES string of the molecule is CCCCCCCOC(=O)CCCCCCCN(CCCCCCCC(=O)OC(CCCC)CCCCC)CCCn1ccnn1. The number of nitrogens with zero attached hydrogens (tertiary/aromatic N) is 4. The van der Waals surface area contributed by atoms with Crippen LogP contribution in [0.5, 0.6) is 0 Å². The van der Waals surface area contributed by atoms with Gasteiger partial charge in [-0.2, -0.15) is 0 Å². The number of esters is 2. The Morgan fingerprint density at radius 3 is 1.83 bits per heavy atom. The standard InChI is InChI=1S/C38H72N4O4/c1-4-7-10-17-23-35-45-37(43)27-19-13-11-15-21-30-41(32-24-33-42-34-29-39-40-42)31-22-16-12-14-20-28-38(44)46-36(25-9-6-3)26-18-8-5-2/h29,34,36H,4-28,30-33,35H2,1-3H3. The van der Waals surface area contributed by atoms with Gasteiger partial charge in [-0.3, -0.25) is 14.3 Å². The predicted molar refractivity (Wildman–Crippen MR) is 190 cm³/mol. The molecule has 0 aliphatic heterocycles. The molecule has 1 aromatic heterocycles. The highest BCUT2D eigenvalue weighted by atomic mass is 16.5. The van der Waals surface area contributed by atoms with Crippen LogP contribution in [-0.4, -0.2) is 64.2 Å². The third-order valence-corrected chi connectivity index (χ3v) is 8.86. The second-order valence-electron chi connectivity index (χ2n) is 13.3. The molecule has 0 N–H and O–H groups in total. The predicted octanol–water partition coefficient (Wildman–Crippen LogP) is 9.85. The molecule has 8 nitrogen and oxygen atoms in total. The summed E-state index contributed by atoms with van der Waals surface area (Å²) in [6, 6.07) is 0. The average molecular weight is 649 g/mol. The Balaban J connectivity index is 2.19. The first-order valence-corrected chi connectivity index (χ1v) is 19.5. The van der Waals surface area contributed by atoms with Gasteiger partial charge in [0, 0.05) is 25.6 Å². The molecule has 8 heteroatoms. The minimum atomic E-state index is -0.0252. The largest absolute Gasteiger partial charge is 0.466 e. The number of hydrogen-bond donors (Lipinski definition) is 0. The summed E-state index contributed by atoms with van der Waals surface area (Å²) in [5.74, 6) is -0.0212. The lowest BCUT2D eigenvalue weighted by molar-refractivity contribution is -0.150. The Hall–Kier alpha value is -1.96. The highest BCUT2D eigenvalue weighted by Crippen LogP contribution is 2.16. The molecule has 0 bridgehead atoms. The number of aromatic nitrogens is 3. The monoisotopic (exact) mass is 649 g/mol. The molecule has 268 valence electrons. The van der Waals surface area contributed by atoms with Crippen LogP contribution in [0.3, 0.4) is 0 Å². The Kier molecular flexibility index (Phi) is 28.9. The second-order valence-corrected chi connectivity index (χ2v) is 13.3. The Morgan fingerprint density at radius 2 is 1.17 bits per heavy atom. The van der Waals surface area contributed by atoms with E-state index in [2.05, 4.69) is 36.0 Å². The Bertz CT molecular complexity index is 805. The van der Waals surface area contributed by atoms with Crippen LogP contribution in [0.15, 0.2) is 12.4 Å². The van der Waals surface area contributed by atoms with E-state index in [9.17, 15) is 9.59 Å². The van der Waals surface area contributed by atoms with Crippen molar-refractivity contribution in [2.75, 3.05) is 26.2 Å². The van der Waals surface area contributed by atoms with E-state index in [0.29, 0.717) is 19.4 Å². The molecule has 46 heavy (non-hydrogen) atoms. The lowest BCUT2D eigenvalue weighted by Crippen LogP contribution is -2.28. The van der Waals surface area contributed by atoms with Gasteiger partial charge >= 0.3 is 11.9 Å². The average Bonchev–Trinajstić information content (AvgIpc) is 3.57. The molecule has 1 aromatic rings. The molecule has 0 aliphatic carbocycles. The van der Waals surface area contributed by atoms with Crippen molar-refractivity contribution < 1.29 is 19.1 Å². The van der Waals surface area contributed by atoms with Crippen molar-refractivity contribution in [1.82, 2.24) is 19.9 Å². The van der Waals surface area contributed by atoms with Gasteiger partial charge in [-0.05, 0) is 77.4 Å². The summed E-state index contributed by atoms with van der Waals surface area (Å²) in [6.45, 7) is 11.4. The van der Waals surface area contributed by atoms with Gasteiger partial charge in [0.2, 0.25) is 0 Å². The van der Waals surface area contributed by atoms with Crippen molar-refractivity contribution in [2.45, 2.75) is 194 Å². The number of carbonyl (C=O) groups excluding carboxylic acids is 2. The van der Waals surface area contributed by atoms with E-state index in [1.165, 1.54) is 70.6 Å². The number of hydrogen-bond acceptors (Lipinski definition) is 7. The van der Waals surface area contributed by atoms with Crippen molar-refractivity contribution >= 4 is 11.9 Å². The highest BCUT2D eigenvalue weighted by Gasteiger charge is 2.14. The fourth-order valence-electron chi connectivity index (χ4n) is 5.94. The zero-order valence-electron chi connectivity index (χ0n) is 30.4. The number of aryl methyl sites for hydroxylation is 1. The molecule has 0 spiro atoms. The van der Waals surface area contributed by atoms with Crippen LogP contribution in [-0.2, 0) is 25.6 Å². The van der Waals surface area contributed by atoms with E-state index in [1.54, 1.807) is 6.20 Å². The fraction of sp³-hybridized carbons (Fsp3) is 0.895. The first kappa shape index (κ1) is 42.1. The van der Waals surface area contributed by atoms with Crippen LogP contribution < -0.4 is 0 Å².